The molecule has 0 bridgehead atoms. The van der Waals surface area contributed by atoms with Crippen LogP contribution in [0.1, 0.15) is 84.9 Å². The van der Waals surface area contributed by atoms with Crippen molar-refractivity contribution in [2.45, 2.75) is 85.7 Å². The number of nitrogens with zero attached hydrogens (tertiary/aromatic N) is 4. The Balaban J connectivity index is 1.50. The van der Waals surface area contributed by atoms with E-state index >= 15 is 0 Å². The molecule has 5 nitrogen and oxygen atoms in total. The summed E-state index contributed by atoms with van der Waals surface area (Å²) in [7, 11) is 1.99. The number of nitrogens with one attached hydrogen (secondary N) is 1. The zero-order chi connectivity index (χ0) is 22.2. The molecule has 4 rings (SSSR count). The lowest BCUT2D eigenvalue weighted by Gasteiger charge is -2.38. The summed E-state index contributed by atoms with van der Waals surface area (Å²) in [5, 5.41) is 3.35. The zero-order valence-electron chi connectivity index (χ0n) is 20.6. The van der Waals surface area contributed by atoms with Crippen LogP contribution in [0.2, 0.25) is 0 Å². The molecule has 1 saturated heterocycles. The van der Waals surface area contributed by atoms with E-state index in [0.717, 1.165) is 35.8 Å². The lowest BCUT2D eigenvalue weighted by atomic mass is 9.75. The van der Waals surface area contributed by atoms with Gasteiger partial charge in [-0.1, -0.05) is 34.6 Å². The molecule has 2 fully saturated rings. The molecule has 2 aromatic rings. The van der Waals surface area contributed by atoms with Crippen molar-refractivity contribution < 1.29 is 0 Å². The minimum Gasteiger partial charge on any atom is -0.359 e. The van der Waals surface area contributed by atoms with E-state index in [-0.39, 0.29) is 0 Å². The van der Waals surface area contributed by atoms with Gasteiger partial charge in [0.25, 0.3) is 0 Å². The van der Waals surface area contributed by atoms with Gasteiger partial charge in [-0.05, 0) is 80.8 Å². The highest BCUT2D eigenvalue weighted by molar-refractivity contribution is 5.78. The largest absolute Gasteiger partial charge is 0.359 e. The fourth-order valence-electron chi connectivity index (χ4n) is 5.89. The fourth-order valence-corrected chi connectivity index (χ4v) is 5.89. The lowest BCUT2D eigenvalue weighted by Crippen LogP contribution is -2.37. The van der Waals surface area contributed by atoms with E-state index < -0.39 is 0 Å². The van der Waals surface area contributed by atoms with Crippen LogP contribution in [-0.2, 0) is 6.54 Å². The summed E-state index contributed by atoms with van der Waals surface area (Å²) in [6, 6.07) is 2.85. The molecule has 2 aliphatic rings. The number of piperidine rings is 1. The Labute approximate surface area is 189 Å². The van der Waals surface area contributed by atoms with Crippen molar-refractivity contribution in [3.05, 3.63) is 18.0 Å². The summed E-state index contributed by atoms with van der Waals surface area (Å²) in [6.07, 6.45) is 9.74. The first kappa shape index (κ1) is 22.6. The summed E-state index contributed by atoms with van der Waals surface area (Å²) < 4.78 is 2.48. The van der Waals surface area contributed by atoms with Gasteiger partial charge in [0, 0.05) is 19.6 Å². The molecule has 0 atom stereocenters. The highest BCUT2D eigenvalue weighted by Gasteiger charge is 2.30. The van der Waals surface area contributed by atoms with Crippen LogP contribution >= 0.6 is 0 Å². The molecule has 0 aromatic carbocycles. The van der Waals surface area contributed by atoms with E-state index in [1.165, 1.54) is 62.8 Å². The van der Waals surface area contributed by atoms with Crippen LogP contribution in [-0.4, -0.2) is 39.6 Å². The summed E-state index contributed by atoms with van der Waals surface area (Å²) in [5.41, 5.74) is 3.88. The normalized spacial score (nSPS) is 24.2. The molecule has 0 radical (unpaired) electrons. The smallest absolute Gasteiger partial charge is 0.203 e. The number of anilines is 1. The van der Waals surface area contributed by atoms with Crippen molar-refractivity contribution in [1.29, 1.82) is 0 Å². The first-order chi connectivity index (χ1) is 14.8. The summed E-state index contributed by atoms with van der Waals surface area (Å²) >= 11 is 0. The third-order valence-electron chi connectivity index (χ3n) is 8.10. The first-order valence-corrected chi connectivity index (χ1v) is 12.5. The molecule has 0 amide bonds. The molecule has 1 N–H and O–H groups in total. The fraction of sp³-hybridized carbons (Fsp3) is 0.769. The van der Waals surface area contributed by atoms with Crippen LogP contribution in [0.3, 0.4) is 0 Å². The maximum atomic E-state index is 4.86. The van der Waals surface area contributed by atoms with Gasteiger partial charge in [0.1, 0.15) is 5.52 Å². The Morgan fingerprint density at radius 3 is 2.32 bits per heavy atom. The van der Waals surface area contributed by atoms with Crippen molar-refractivity contribution in [2.75, 3.05) is 25.5 Å². The summed E-state index contributed by atoms with van der Waals surface area (Å²) in [6.45, 7) is 15.2. The Morgan fingerprint density at radius 1 is 1.06 bits per heavy atom. The van der Waals surface area contributed by atoms with Gasteiger partial charge in [-0.15, -0.1) is 0 Å². The maximum Gasteiger partial charge on any atom is 0.203 e. The Hall–Kier alpha value is -1.62. The molecule has 0 unspecified atom stereocenters. The van der Waals surface area contributed by atoms with Gasteiger partial charge in [0.05, 0.1) is 17.4 Å². The van der Waals surface area contributed by atoms with Crippen LogP contribution in [0, 0.1) is 23.2 Å². The minimum absolute atomic E-state index is 0.424. The van der Waals surface area contributed by atoms with Gasteiger partial charge < -0.3 is 9.88 Å². The van der Waals surface area contributed by atoms with Gasteiger partial charge in [0.2, 0.25) is 5.95 Å². The highest BCUT2D eigenvalue weighted by atomic mass is 15.2. The van der Waals surface area contributed by atoms with E-state index in [1.807, 2.05) is 13.2 Å². The Bertz CT molecular complexity index is 862. The second kappa shape index (κ2) is 9.09. The number of rotatable bonds is 5. The average molecular weight is 426 g/mol. The van der Waals surface area contributed by atoms with Crippen LogP contribution in [0.5, 0.6) is 0 Å². The second-order valence-electron chi connectivity index (χ2n) is 11.4. The zero-order valence-corrected chi connectivity index (χ0v) is 20.6. The maximum absolute atomic E-state index is 4.86. The molecule has 5 heteroatoms. The highest BCUT2D eigenvalue weighted by Crippen LogP contribution is 2.39. The molecule has 2 aromatic heterocycles. The summed E-state index contributed by atoms with van der Waals surface area (Å²) in [4.78, 5) is 12.2. The molecule has 0 spiro atoms. The number of pyridine rings is 1. The van der Waals surface area contributed by atoms with Crippen LogP contribution in [0.4, 0.5) is 5.95 Å². The molecule has 31 heavy (non-hydrogen) atoms. The summed E-state index contributed by atoms with van der Waals surface area (Å²) in [5.74, 6) is 3.49. The minimum atomic E-state index is 0.424. The molecular weight excluding hydrogens is 382 g/mol. The van der Waals surface area contributed by atoms with Gasteiger partial charge in [-0.25, -0.2) is 4.98 Å². The number of fused-ring (bicyclic) bond motifs is 1. The second-order valence-corrected chi connectivity index (χ2v) is 11.4. The molecule has 1 aliphatic heterocycles. The third kappa shape index (κ3) is 4.92. The molecular formula is C26H43N5. The van der Waals surface area contributed by atoms with Crippen molar-refractivity contribution in [2.24, 2.45) is 23.2 Å². The average Bonchev–Trinajstić information content (AvgIpc) is 3.11. The predicted octanol–water partition coefficient (Wildman–Crippen LogP) is 6.12. The first-order valence-electron chi connectivity index (χ1n) is 12.5. The van der Waals surface area contributed by atoms with E-state index in [4.69, 9.17) is 9.97 Å². The van der Waals surface area contributed by atoms with E-state index in [2.05, 4.69) is 55.5 Å². The SMILES string of the molecule is CNc1nc2cnc(CN3CCC(C(C)(C)C)CC3)cc2n1C1CCC(C(C)C)CC1. The third-order valence-corrected chi connectivity index (χ3v) is 8.10. The number of hydrogen-bond donors (Lipinski definition) is 1. The lowest BCUT2D eigenvalue weighted by molar-refractivity contribution is 0.107. The Kier molecular flexibility index (Phi) is 6.62. The van der Waals surface area contributed by atoms with Crippen molar-refractivity contribution in [3.8, 4) is 0 Å². The topological polar surface area (TPSA) is 46.0 Å². The standard InChI is InChI=1S/C26H43N5/c1-18(2)19-7-9-22(10-8-19)31-24-15-21(28-16-23(24)29-25(31)27-6)17-30-13-11-20(12-14-30)26(3,4)5/h15-16,18-20,22H,7-14,17H2,1-6H3,(H,27,29). The molecule has 172 valence electrons. The van der Waals surface area contributed by atoms with Gasteiger partial charge in [0.15, 0.2) is 0 Å². The van der Waals surface area contributed by atoms with Crippen molar-refractivity contribution >= 4 is 17.0 Å². The van der Waals surface area contributed by atoms with Gasteiger partial charge in [-0.2, -0.15) is 0 Å². The predicted molar refractivity (Wildman–Crippen MR) is 130 cm³/mol. The quantitative estimate of drug-likeness (QED) is 0.627. The monoisotopic (exact) mass is 425 g/mol. The number of imidazole rings is 1. The molecule has 1 saturated carbocycles. The van der Waals surface area contributed by atoms with Gasteiger partial charge >= 0.3 is 0 Å². The van der Waals surface area contributed by atoms with Crippen LogP contribution in [0.25, 0.3) is 11.0 Å². The number of likely N-dealkylation sites (tertiary alicyclic amines) is 1. The van der Waals surface area contributed by atoms with Gasteiger partial charge in [-0.3, -0.25) is 9.88 Å². The van der Waals surface area contributed by atoms with E-state index in [9.17, 15) is 0 Å². The van der Waals surface area contributed by atoms with Crippen LogP contribution < -0.4 is 5.32 Å². The van der Waals surface area contributed by atoms with Crippen LogP contribution in [0.15, 0.2) is 12.3 Å². The number of hydrogen-bond acceptors (Lipinski definition) is 4. The van der Waals surface area contributed by atoms with Crippen molar-refractivity contribution in [3.63, 3.8) is 0 Å². The molecule has 1 aliphatic carbocycles. The molecule has 3 heterocycles. The van der Waals surface area contributed by atoms with Crippen molar-refractivity contribution in [1.82, 2.24) is 19.4 Å². The number of aromatic nitrogens is 3. The van der Waals surface area contributed by atoms with E-state index in [1.54, 1.807) is 0 Å². The Morgan fingerprint density at radius 2 is 1.74 bits per heavy atom. The van der Waals surface area contributed by atoms with E-state index in [0.29, 0.717) is 11.5 Å².